The predicted octanol–water partition coefficient (Wildman–Crippen LogP) is 2.68. The van der Waals surface area contributed by atoms with Gasteiger partial charge in [-0.05, 0) is 30.7 Å². The Hall–Kier alpha value is -3.94. The fourth-order valence-electron chi connectivity index (χ4n) is 3.22. The number of benzene rings is 2. The molecule has 30 heavy (non-hydrogen) atoms. The Morgan fingerprint density at radius 2 is 1.93 bits per heavy atom. The second-order valence-electron chi connectivity index (χ2n) is 6.77. The van der Waals surface area contributed by atoms with E-state index in [2.05, 4.69) is 15.5 Å². The molecule has 0 aliphatic heterocycles. The Labute approximate surface area is 172 Å². The average Bonchev–Trinajstić information content (AvgIpc) is 3.20. The first kappa shape index (κ1) is 19.4. The molecule has 0 aliphatic rings. The molecule has 0 unspecified atom stereocenters. The summed E-state index contributed by atoms with van der Waals surface area (Å²) in [5.41, 5.74) is 1.78. The van der Waals surface area contributed by atoms with Crippen molar-refractivity contribution in [3.8, 4) is 17.2 Å². The molecule has 0 saturated carbocycles. The van der Waals surface area contributed by atoms with Crippen LogP contribution in [0.15, 0.2) is 63.9 Å². The highest BCUT2D eigenvalue weighted by atomic mass is 16.5. The van der Waals surface area contributed by atoms with Crippen molar-refractivity contribution >= 4 is 16.8 Å². The summed E-state index contributed by atoms with van der Waals surface area (Å²) in [4.78, 5) is 29.5. The number of rotatable bonds is 6. The maximum atomic E-state index is 12.8. The van der Waals surface area contributed by atoms with E-state index in [1.54, 1.807) is 20.1 Å². The average molecular weight is 404 g/mol. The standard InChI is InChI=1S/C22H20N4O4/c1-14-24-22(30-25-14)18-11-21(28)26(19-6-4-3-5-17(18)19)13-20(27)23-12-15-7-9-16(29-2)10-8-15/h3-11H,12-13H2,1-2H3,(H,23,27). The quantitative estimate of drug-likeness (QED) is 0.530. The maximum Gasteiger partial charge on any atom is 0.258 e. The zero-order valence-electron chi connectivity index (χ0n) is 16.6. The van der Waals surface area contributed by atoms with Crippen LogP contribution in [0.4, 0.5) is 0 Å². The highest BCUT2D eigenvalue weighted by molar-refractivity contribution is 5.93. The lowest BCUT2D eigenvalue weighted by Gasteiger charge is -2.12. The van der Waals surface area contributed by atoms with Crippen LogP contribution in [-0.2, 0) is 17.9 Å². The van der Waals surface area contributed by atoms with E-state index in [1.165, 1.54) is 10.6 Å². The summed E-state index contributed by atoms with van der Waals surface area (Å²) in [5.74, 6) is 1.24. The normalized spacial score (nSPS) is 10.9. The number of para-hydroxylation sites is 1. The zero-order chi connectivity index (χ0) is 21.1. The molecule has 1 amide bonds. The fourth-order valence-corrected chi connectivity index (χ4v) is 3.22. The molecule has 0 aliphatic carbocycles. The monoisotopic (exact) mass is 404 g/mol. The molecule has 0 fully saturated rings. The molecule has 0 saturated heterocycles. The van der Waals surface area contributed by atoms with E-state index < -0.39 is 0 Å². The van der Waals surface area contributed by atoms with Crippen LogP contribution < -0.4 is 15.6 Å². The molecule has 2 aromatic carbocycles. The van der Waals surface area contributed by atoms with Crippen molar-refractivity contribution in [1.29, 1.82) is 0 Å². The summed E-state index contributed by atoms with van der Waals surface area (Å²) in [6.45, 7) is 1.97. The van der Waals surface area contributed by atoms with Crippen molar-refractivity contribution in [2.24, 2.45) is 0 Å². The van der Waals surface area contributed by atoms with Gasteiger partial charge in [-0.1, -0.05) is 35.5 Å². The van der Waals surface area contributed by atoms with E-state index in [4.69, 9.17) is 9.26 Å². The number of hydrogen-bond acceptors (Lipinski definition) is 6. The van der Waals surface area contributed by atoms with Gasteiger partial charge >= 0.3 is 0 Å². The molecule has 4 rings (SSSR count). The highest BCUT2D eigenvalue weighted by Gasteiger charge is 2.16. The summed E-state index contributed by atoms with van der Waals surface area (Å²) < 4.78 is 11.8. The molecule has 152 valence electrons. The third kappa shape index (κ3) is 3.93. The first-order valence-corrected chi connectivity index (χ1v) is 9.38. The van der Waals surface area contributed by atoms with Crippen molar-refractivity contribution in [2.75, 3.05) is 7.11 Å². The molecule has 0 radical (unpaired) electrons. The maximum absolute atomic E-state index is 12.8. The van der Waals surface area contributed by atoms with Crippen LogP contribution in [0, 0.1) is 6.92 Å². The molecular weight excluding hydrogens is 384 g/mol. The van der Waals surface area contributed by atoms with Gasteiger partial charge < -0.3 is 14.6 Å². The number of nitrogens with one attached hydrogen (secondary N) is 1. The molecule has 8 nitrogen and oxygen atoms in total. The summed E-state index contributed by atoms with van der Waals surface area (Å²) in [5, 5.41) is 7.40. The smallest absolute Gasteiger partial charge is 0.258 e. The minimum Gasteiger partial charge on any atom is -0.497 e. The number of fused-ring (bicyclic) bond motifs is 1. The lowest BCUT2D eigenvalue weighted by atomic mass is 10.1. The van der Waals surface area contributed by atoms with Gasteiger partial charge in [-0.25, -0.2) is 0 Å². The molecule has 8 heteroatoms. The Morgan fingerprint density at radius 3 is 2.63 bits per heavy atom. The molecule has 1 N–H and O–H groups in total. The summed E-state index contributed by atoms with van der Waals surface area (Å²) >= 11 is 0. The van der Waals surface area contributed by atoms with Crippen molar-refractivity contribution in [3.63, 3.8) is 0 Å². The largest absolute Gasteiger partial charge is 0.497 e. The number of ether oxygens (including phenoxy) is 1. The number of carbonyl (C=O) groups excluding carboxylic acids is 1. The third-order valence-corrected chi connectivity index (χ3v) is 4.73. The fraction of sp³-hybridized carbons (Fsp3) is 0.182. The van der Waals surface area contributed by atoms with Crippen LogP contribution in [0.2, 0.25) is 0 Å². The van der Waals surface area contributed by atoms with Crippen LogP contribution in [0.3, 0.4) is 0 Å². The van der Waals surface area contributed by atoms with Crippen LogP contribution >= 0.6 is 0 Å². The van der Waals surface area contributed by atoms with Gasteiger partial charge in [0.15, 0.2) is 5.82 Å². The minimum atomic E-state index is -0.320. The van der Waals surface area contributed by atoms with E-state index in [-0.39, 0.29) is 23.9 Å². The first-order valence-electron chi connectivity index (χ1n) is 9.38. The number of hydrogen-bond donors (Lipinski definition) is 1. The highest BCUT2D eigenvalue weighted by Crippen LogP contribution is 2.25. The van der Waals surface area contributed by atoms with E-state index >= 15 is 0 Å². The van der Waals surface area contributed by atoms with Crippen LogP contribution in [0.1, 0.15) is 11.4 Å². The summed E-state index contributed by atoms with van der Waals surface area (Å²) in [6.07, 6.45) is 0. The van der Waals surface area contributed by atoms with Crippen molar-refractivity contribution in [1.82, 2.24) is 20.0 Å². The van der Waals surface area contributed by atoms with Gasteiger partial charge in [-0.2, -0.15) is 4.98 Å². The van der Waals surface area contributed by atoms with Gasteiger partial charge in [0.05, 0.1) is 18.2 Å². The number of amides is 1. The van der Waals surface area contributed by atoms with E-state index in [0.29, 0.717) is 23.4 Å². The lowest BCUT2D eigenvalue weighted by molar-refractivity contribution is -0.121. The number of aromatic nitrogens is 3. The zero-order valence-corrected chi connectivity index (χ0v) is 16.6. The van der Waals surface area contributed by atoms with Crippen LogP contribution in [-0.4, -0.2) is 27.7 Å². The van der Waals surface area contributed by atoms with Gasteiger partial charge in [-0.3, -0.25) is 14.2 Å². The topological polar surface area (TPSA) is 99.2 Å². The van der Waals surface area contributed by atoms with Crippen molar-refractivity contribution in [3.05, 3.63) is 76.3 Å². The first-order chi connectivity index (χ1) is 14.5. The molecule has 2 heterocycles. The third-order valence-electron chi connectivity index (χ3n) is 4.73. The molecule has 0 bridgehead atoms. The molecule has 2 aromatic heterocycles. The number of methoxy groups -OCH3 is 1. The van der Waals surface area contributed by atoms with E-state index in [1.807, 2.05) is 42.5 Å². The second kappa shape index (κ2) is 8.20. The van der Waals surface area contributed by atoms with Gasteiger partial charge in [-0.15, -0.1) is 0 Å². The second-order valence-corrected chi connectivity index (χ2v) is 6.77. The number of nitrogens with zero attached hydrogens (tertiary/aromatic N) is 3. The minimum absolute atomic E-state index is 0.0986. The SMILES string of the molecule is COc1ccc(CNC(=O)Cn2c(=O)cc(-c3nc(C)no3)c3ccccc32)cc1. The van der Waals surface area contributed by atoms with Crippen molar-refractivity contribution in [2.45, 2.75) is 20.0 Å². The molecule has 4 aromatic rings. The Bertz CT molecular complexity index is 1260. The van der Waals surface area contributed by atoms with Crippen molar-refractivity contribution < 1.29 is 14.1 Å². The Balaban J connectivity index is 1.59. The number of pyridine rings is 1. The van der Waals surface area contributed by atoms with Gasteiger partial charge in [0.25, 0.3) is 11.4 Å². The lowest BCUT2D eigenvalue weighted by Crippen LogP contribution is -2.32. The van der Waals surface area contributed by atoms with Gasteiger partial charge in [0.1, 0.15) is 12.3 Å². The van der Waals surface area contributed by atoms with Crippen LogP contribution in [0.25, 0.3) is 22.4 Å². The van der Waals surface area contributed by atoms with Crippen LogP contribution in [0.5, 0.6) is 5.75 Å². The Kier molecular flexibility index (Phi) is 5.30. The van der Waals surface area contributed by atoms with Gasteiger partial charge in [0, 0.05) is 18.0 Å². The molecule has 0 atom stereocenters. The number of aryl methyl sites for hydroxylation is 1. The van der Waals surface area contributed by atoms with Gasteiger partial charge in [0.2, 0.25) is 5.91 Å². The Morgan fingerprint density at radius 1 is 1.17 bits per heavy atom. The predicted molar refractivity (Wildman–Crippen MR) is 111 cm³/mol. The van der Waals surface area contributed by atoms with E-state index in [9.17, 15) is 9.59 Å². The molecular formula is C22H20N4O4. The van der Waals surface area contributed by atoms with E-state index in [0.717, 1.165) is 16.7 Å². The summed E-state index contributed by atoms with van der Waals surface area (Å²) in [6, 6.07) is 16.2. The number of carbonyl (C=O) groups is 1. The molecule has 0 spiro atoms. The summed E-state index contributed by atoms with van der Waals surface area (Å²) in [7, 11) is 1.60.